The summed E-state index contributed by atoms with van der Waals surface area (Å²) in [6.07, 6.45) is 5.23. The van der Waals surface area contributed by atoms with Gasteiger partial charge in [-0.2, -0.15) is 0 Å². The summed E-state index contributed by atoms with van der Waals surface area (Å²) in [6, 6.07) is 17.9. The lowest BCUT2D eigenvalue weighted by molar-refractivity contribution is 0.0800. The topological polar surface area (TPSA) is 125 Å². The fourth-order valence-electron chi connectivity index (χ4n) is 4.87. The van der Waals surface area contributed by atoms with Gasteiger partial charge in [0.05, 0.1) is 33.2 Å². The van der Waals surface area contributed by atoms with Crippen molar-refractivity contribution in [3.63, 3.8) is 0 Å². The SMILES string of the molecule is O=C(NCCC(Nc1ncnc2cc(C(=O)N3CC=CC3)c(Cl)cc12)c1nc2ccc(Cl)cc2[nH]1)OCc1ccccc1. The lowest BCUT2D eigenvalue weighted by Gasteiger charge is -2.20. The number of imidazole rings is 1. The van der Waals surface area contributed by atoms with Crippen molar-refractivity contribution in [3.8, 4) is 0 Å². The summed E-state index contributed by atoms with van der Waals surface area (Å²) in [6.45, 7) is 1.55. The number of aromatic nitrogens is 4. The number of H-pyrrole nitrogens is 1. The monoisotopic (exact) mass is 615 g/mol. The van der Waals surface area contributed by atoms with Gasteiger partial charge in [-0.15, -0.1) is 0 Å². The van der Waals surface area contributed by atoms with E-state index in [0.29, 0.717) is 57.7 Å². The number of alkyl carbamates (subject to hydrolysis) is 1. The lowest BCUT2D eigenvalue weighted by atomic mass is 10.1. The zero-order valence-corrected chi connectivity index (χ0v) is 24.4. The van der Waals surface area contributed by atoms with E-state index in [1.807, 2.05) is 48.6 Å². The molecular weight excluding hydrogens is 589 g/mol. The summed E-state index contributed by atoms with van der Waals surface area (Å²) in [5.41, 5.74) is 3.37. The van der Waals surface area contributed by atoms with Gasteiger partial charge in [-0.05, 0) is 42.3 Å². The molecule has 2 amide bonds. The van der Waals surface area contributed by atoms with Crippen LogP contribution in [0.2, 0.25) is 10.0 Å². The third kappa shape index (κ3) is 6.55. The Labute approximate surface area is 257 Å². The number of nitrogens with zero attached hydrogens (tertiary/aromatic N) is 4. The quantitative estimate of drug-likeness (QED) is 0.166. The standard InChI is InChI=1S/C31H27Cl2N7O3/c32-20-8-9-24-27(14-20)39-29(37-24)25(10-11-34-31(42)43-17-19-6-2-1-3-7-19)38-28-22-15-23(33)21(16-26(22)35-18-36-28)30(41)40-12-4-5-13-40/h1-9,14-16,18,25H,10-13,17H2,(H,34,42)(H,37,39)(H,35,36,38). The summed E-state index contributed by atoms with van der Waals surface area (Å²) in [7, 11) is 0. The second kappa shape index (κ2) is 12.7. The maximum atomic E-state index is 13.0. The zero-order valence-electron chi connectivity index (χ0n) is 22.9. The predicted molar refractivity (Wildman–Crippen MR) is 166 cm³/mol. The minimum absolute atomic E-state index is 0.158. The molecule has 1 aliphatic heterocycles. The van der Waals surface area contributed by atoms with Crippen LogP contribution in [0.25, 0.3) is 21.9 Å². The van der Waals surface area contributed by atoms with Crippen LogP contribution >= 0.6 is 23.2 Å². The number of carbonyl (C=O) groups is 2. The number of ether oxygens (including phenoxy) is 1. The van der Waals surface area contributed by atoms with Gasteiger partial charge in [0.25, 0.3) is 5.91 Å². The molecule has 0 bridgehead atoms. The fraction of sp³-hybridized carbons (Fsp3) is 0.194. The molecule has 43 heavy (non-hydrogen) atoms. The molecule has 0 fully saturated rings. The Morgan fingerprint density at radius 1 is 1.00 bits per heavy atom. The van der Waals surface area contributed by atoms with Crippen molar-refractivity contribution in [1.82, 2.24) is 30.2 Å². The number of hydrogen-bond donors (Lipinski definition) is 3. The maximum Gasteiger partial charge on any atom is 0.407 e. The van der Waals surface area contributed by atoms with Gasteiger partial charge < -0.3 is 25.3 Å². The molecule has 0 spiro atoms. The van der Waals surface area contributed by atoms with E-state index in [2.05, 4.69) is 25.6 Å². The molecule has 3 heterocycles. The number of carbonyl (C=O) groups excluding carboxylic acids is 2. The highest BCUT2D eigenvalue weighted by Gasteiger charge is 2.23. The molecule has 0 saturated carbocycles. The van der Waals surface area contributed by atoms with Crippen LogP contribution in [-0.2, 0) is 11.3 Å². The van der Waals surface area contributed by atoms with Crippen LogP contribution in [0.5, 0.6) is 0 Å². The fourth-order valence-corrected chi connectivity index (χ4v) is 5.29. The van der Waals surface area contributed by atoms with Crippen molar-refractivity contribution < 1.29 is 14.3 Å². The van der Waals surface area contributed by atoms with Gasteiger partial charge in [0.2, 0.25) is 0 Å². The van der Waals surface area contributed by atoms with Gasteiger partial charge >= 0.3 is 6.09 Å². The van der Waals surface area contributed by atoms with Gasteiger partial charge in [-0.25, -0.2) is 19.7 Å². The molecular formula is C31H27Cl2N7O3. The average Bonchev–Trinajstić information content (AvgIpc) is 3.70. The number of benzene rings is 3. The number of amides is 2. The van der Waals surface area contributed by atoms with E-state index in [1.165, 1.54) is 6.33 Å². The van der Waals surface area contributed by atoms with Crippen LogP contribution < -0.4 is 10.6 Å². The number of aromatic amines is 1. The molecule has 10 nitrogen and oxygen atoms in total. The summed E-state index contributed by atoms with van der Waals surface area (Å²) in [4.78, 5) is 44.1. The third-order valence-corrected chi connectivity index (χ3v) is 7.63. The minimum atomic E-state index is -0.524. The molecule has 218 valence electrons. The van der Waals surface area contributed by atoms with Crippen LogP contribution in [0.4, 0.5) is 10.6 Å². The maximum absolute atomic E-state index is 13.0. The Morgan fingerprint density at radius 3 is 2.63 bits per heavy atom. The summed E-state index contributed by atoms with van der Waals surface area (Å²) in [5.74, 6) is 0.973. The smallest absolute Gasteiger partial charge is 0.407 e. The molecule has 1 unspecified atom stereocenters. The van der Waals surface area contributed by atoms with Crippen molar-refractivity contribution in [2.24, 2.45) is 0 Å². The highest BCUT2D eigenvalue weighted by Crippen LogP contribution is 2.31. The van der Waals surface area contributed by atoms with E-state index < -0.39 is 12.1 Å². The number of anilines is 1. The molecule has 0 radical (unpaired) electrons. The largest absolute Gasteiger partial charge is 0.445 e. The van der Waals surface area contributed by atoms with Crippen LogP contribution in [0, 0.1) is 0 Å². The summed E-state index contributed by atoms with van der Waals surface area (Å²) in [5, 5.41) is 7.78. The van der Waals surface area contributed by atoms with Crippen molar-refractivity contribution >= 4 is 63.0 Å². The predicted octanol–water partition coefficient (Wildman–Crippen LogP) is 6.29. The van der Waals surface area contributed by atoms with E-state index in [0.717, 1.165) is 16.6 Å². The van der Waals surface area contributed by atoms with Crippen molar-refractivity contribution in [3.05, 3.63) is 106 Å². The van der Waals surface area contributed by atoms with Gasteiger partial charge in [0, 0.05) is 30.0 Å². The number of hydrogen-bond acceptors (Lipinski definition) is 7. The normalized spacial score (nSPS) is 13.4. The first-order valence-electron chi connectivity index (χ1n) is 13.7. The minimum Gasteiger partial charge on any atom is -0.445 e. The molecule has 1 aliphatic rings. The van der Waals surface area contributed by atoms with Crippen molar-refractivity contribution in [2.75, 3.05) is 25.0 Å². The second-order valence-electron chi connectivity index (χ2n) is 10.0. The second-order valence-corrected chi connectivity index (χ2v) is 10.9. The molecule has 2 aromatic heterocycles. The van der Waals surface area contributed by atoms with E-state index in [9.17, 15) is 9.59 Å². The van der Waals surface area contributed by atoms with Crippen LogP contribution in [0.15, 0.2) is 79.1 Å². The van der Waals surface area contributed by atoms with Crippen LogP contribution in [0.1, 0.15) is 34.2 Å². The Kier molecular flexibility index (Phi) is 8.39. The van der Waals surface area contributed by atoms with Gasteiger partial charge in [0.15, 0.2) is 0 Å². The lowest BCUT2D eigenvalue weighted by Crippen LogP contribution is -2.28. The molecule has 6 rings (SSSR count). The molecule has 3 N–H and O–H groups in total. The Bertz CT molecular complexity index is 1820. The van der Waals surface area contributed by atoms with Crippen LogP contribution in [0.3, 0.4) is 0 Å². The molecule has 0 aliphatic carbocycles. The zero-order chi connectivity index (χ0) is 29.8. The summed E-state index contributed by atoms with van der Waals surface area (Å²) < 4.78 is 5.35. The van der Waals surface area contributed by atoms with Crippen molar-refractivity contribution in [1.29, 1.82) is 0 Å². The van der Waals surface area contributed by atoms with E-state index in [-0.39, 0.29) is 19.1 Å². The number of fused-ring (bicyclic) bond motifs is 2. The molecule has 5 aromatic rings. The molecule has 1 atom stereocenters. The highest BCUT2D eigenvalue weighted by atomic mass is 35.5. The first-order chi connectivity index (χ1) is 20.9. The number of nitrogens with one attached hydrogen (secondary N) is 3. The molecule has 3 aromatic carbocycles. The van der Waals surface area contributed by atoms with E-state index in [4.69, 9.17) is 32.9 Å². The first kappa shape index (κ1) is 28.4. The molecule has 12 heteroatoms. The number of halogens is 2. The number of rotatable bonds is 9. The van der Waals surface area contributed by atoms with Crippen LogP contribution in [-0.4, -0.2) is 56.5 Å². The third-order valence-electron chi connectivity index (χ3n) is 7.08. The van der Waals surface area contributed by atoms with E-state index >= 15 is 0 Å². The van der Waals surface area contributed by atoms with Crippen molar-refractivity contribution in [2.45, 2.75) is 19.1 Å². The first-order valence-corrected chi connectivity index (χ1v) is 14.4. The Hall–Kier alpha value is -4.67. The van der Waals surface area contributed by atoms with Gasteiger partial charge in [-0.3, -0.25) is 4.79 Å². The Morgan fingerprint density at radius 2 is 1.81 bits per heavy atom. The summed E-state index contributed by atoms with van der Waals surface area (Å²) >= 11 is 12.8. The van der Waals surface area contributed by atoms with E-state index in [1.54, 1.807) is 29.2 Å². The Balaban J connectivity index is 1.23. The average molecular weight is 617 g/mol. The highest BCUT2D eigenvalue weighted by molar-refractivity contribution is 6.35. The van der Waals surface area contributed by atoms with Gasteiger partial charge in [0.1, 0.15) is 24.6 Å². The van der Waals surface area contributed by atoms with Gasteiger partial charge in [-0.1, -0.05) is 65.7 Å². The molecule has 0 saturated heterocycles.